The lowest BCUT2D eigenvalue weighted by Gasteiger charge is -2.32. The molecule has 0 aromatic rings. The Morgan fingerprint density at radius 1 is 1.12 bits per heavy atom. The average molecular weight is 239 g/mol. The third-order valence-electron chi connectivity index (χ3n) is 4.40. The van der Waals surface area contributed by atoms with Gasteiger partial charge in [-0.1, -0.05) is 12.8 Å². The molecule has 2 rings (SSSR count). The van der Waals surface area contributed by atoms with Crippen molar-refractivity contribution in [2.75, 3.05) is 0 Å². The smallest absolute Gasteiger partial charge is 0.307 e. The van der Waals surface area contributed by atoms with Gasteiger partial charge in [-0.05, 0) is 38.5 Å². The lowest BCUT2D eigenvalue weighted by Crippen LogP contribution is -2.44. The molecule has 17 heavy (non-hydrogen) atoms. The summed E-state index contributed by atoms with van der Waals surface area (Å²) in [6.45, 7) is 2.03. The zero-order valence-corrected chi connectivity index (χ0v) is 10.3. The van der Waals surface area contributed by atoms with Crippen LogP contribution in [0.5, 0.6) is 0 Å². The first-order chi connectivity index (χ1) is 8.09. The van der Waals surface area contributed by atoms with Crippen LogP contribution in [0.4, 0.5) is 0 Å². The summed E-state index contributed by atoms with van der Waals surface area (Å²) >= 11 is 0. The number of hydrogen-bond donors (Lipinski definition) is 2. The van der Waals surface area contributed by atoms with E-state index in [4.69, 9.17) is 5.11 Å². The highest BCUT2D eigenvalue weighted by atomic mass is 16.4. The number of amides is 1. The van der Waals surface area contributed by atoms with Crippen molar-refractivity contribution in [2.24, 2.45) is 17.8 Å². The number of carboxylic acid groups (broad SMARTS) is 1. The Morgan fingerprint density at radius 2 is 1.71 bits per heavy atom. The molecule has 0 spiro atoms. The molecule has 3 unspecified atom stereocenters. The number of nitrogens with one attached hydrogen (secondary N) is 1. The molecule has 0 bridgehead atoms. The van der Waals surface area contributed by atoms with Crippen LogP contribution >= 0.6 is 0 Å². The van der Waals surface area contributed by atoms with Crippen molar-refractivity contribution < 1.29 is 14.7 Å². The summed E-state index contributed by atoms with van der Waals surface area (Å²) in [7, 11) is 0. The zero-order valence-electron chi connectivity index (χ0n) is 10.3. The van der Waals surface area contributed by atoms with Gasteiger partial charge in [-0.2, -0.15) is 0 Å². The zero-order chi connectivity index (χ0) is 12.4. The summed E-state index contributed by atoms with van der Waals surface area (Å²) in [5, 5.41) is 12.1. The lowest BCUT2D eigenvalue weighted by atomic mass is 9.80. The maximum Gasteiger partial charge on any atom is 0.307 e. The molecule has 0 aromatic carbocycles. The topological polar surface area (TPSA) is 66.4 Å². The van der Waals surface area contributed by atoms with Gasteiger partial charge in [0.15, 0.2) is 0 Å². The Bertz CT molecular complexity index is 312. The van der Waals surface area contributed by atoms with Gasteiger partial charge < -0.3 is 10.4 Å². The second-order valence-electron chi connectivity index (χ2n) is 5.47. The first kappa shape index (κ1) is 12.4. The maximum absolute atomic E-state index is 12.0. The van der Waals surface area contributed by atoms with Gasteiger partial charge >= 0.3 is 5.97 Å². The third kappa shape index (κ3) is 2.61. The van der Waals surface area contributed by atoms with Gasteiger partial charge in [0.1, 0.15) is 0 Å². The summed E-state index contributed by atoms with van der Waals surface area (Å²) in [5.74, 6) is -1.05. The monoisotopic (exact) mass is 239 g/mol. The van der Waals surface area contributed by atoms with Crippen molar-refractivity contribution >= 4 is 11.9 Å². The van der Waals surface area contributed by atoms with E-state index in [0.717, 1.165) is 12.8 Å². The minimum Gasteiger partial charge on any atom is -0.481 e. The minimum atomic E-state index is -0.820. The fraction of sp³-hybridized carbons (Fsp3) is 0.846. The van der Waals surface area contributed by atoms with Crippen LogP contribution < -0.4 is 5.32 Å². The lowest BCUT2D eigenvalue weighted by molar-refractivity contribution is -0.146. The maximum atomic E-state index is 12.0. The molecule has 2 saturated carbocycles. The number of carboxylic acids is 1. The van der Waals surface area contributed by atoms with E-state index in [0.29, 0.717) is 12.3 Å². The fourth-order valence-electron chi connectivity index (χ4n) is 2.96. The van der Waals surface area contributed by atoms with E-state index in [-0.39, 0.29) is 17.9 Å². The number of aliphatic carboxylic acids is 1. The number of rotatable bonds is 4. The van der Waals surface area contributed by atoms with Crippen molar-refractivity contribution in [3.63, 3.8) is 0 Å². The van der Waals surface area contributed by atoms with Crippen LogP contribution in [-0.2, 0) is 9.59 Å². The Kier molecular flexibility index (Phi) is 3.69. The van der Waals surface area contributed by atoms with Crippen molar-refractivity contribution in [3.8, 4) is 0 Å². The SMILES string of the molecule is CC(NC(=O)C1CCCC1C(=O)O)C1CCC1. The second kappa shape index (κ2) is 5.07. The number of carbonyl (C=O) groups excluding carboxylic acids is 1. The summed E-state index contributed by atoms with van der Waals surface area (Å²) in [6, 6.07) is 0.200. The molecular weight excluding hydrogens is 218 g/mol. The molecule has 0 aliphatic heterocycles. The van der Waals surface area contributed by atoms with Gasteiger partial charge in [0.05, 0.1) is 11.8 Å². The van der Waals surface area contributed by atoms with Crippen molar-refractivity contribution in [3.05, 3.63) is 0 Å². The Balaban J connectivity index is 1.88. The normalized spacial score (nSPS) is 30.6. The Hall–Kier alpha value is -1.06. The fourth-order valence-corrected chi connectivity index (χ4v) is 2.96. The highest BCUT2D eigenvalue weighted by Crippen LogP contribution is 2.33. The summed E-state index contributed by atoms with van der Waals surface area (Å²) < 4.78 is 0. The largest absolute Gasteiger partial charge is 0.481 e. The van der Waals surface area contributed by atoms with Gasteiger partial charge in [0.25, 0.3) is 0 Å². The molecular formula is C13H21NO3. The first-order valence-electron chi connectivity index (χ1n) is 6.62. The van der Waals surface area contributed by atoms with E-state index in [1.807, 2.05) is 6.92 Å². The number of hydrogen-bond acceptors (Lipinski definition) is 2. The third-order valence-corrected chi connectivity index (χ3v) is 4.40. The molecule has 0 heterocycles. The quantitative estimate of drug-likeness (QED) is 0.786. The molecule has 1 amide bonds. The minimum absolute atomic E-state index is 0.0469. The summed E-state index contributed by atoms with van der Waals surface area (Å²) in [6.07, 6.45) is 5.85. The van der Waals surface area contributed by atoms with E-state index in [1.54, 1.807) is 0 Å². The average Bonchev–Trinajstić information content (AvgIpc) is 2.62. The molecule has 2 aliphatic rings. The van der Waals surface area contributed by atoms with Gasteiger partial charge in [0, 0.05) is 6.04 Å². The Morgan fingerprint density at radius 3 is 2.24 bits per heavy atom. The summed E-state index contributed by atoms with van der Waals surface area (Å²) in [4.78, 5) is 23.1. The van der Waals surface area contributed by atoms with E-state index in [1.165, 1.54) is 19.3 Å². The molecule has 3 atom stereocenters. The van der Waals surface area contributed by atoms with Crippen molar-refractivity contribution in [2.45, 2.75) is 51.5 Å². The number of carbonyl (C=O) groups is 2. The first-order valence-corrected chi connectivity index (χ1v) is 6.62. The molecule has 4 heteroatoms. The molecule has 0 radical (unpaired) electrons. The van der Waals surface area contributed by atoms with Crippen molar-refractivity contribution in [1.29, 1.82) is 0 Å². The van der Waals surface area contributed by atoms with Crippen molar-refractivity contribution in [1.82, 2.24) is 5.32 Å². The van der Waals surface area contributed by atoms with E-state index in [9.17, 15) is 9.59 Å². The molecule has 2 fully saturated rings. The van der Waals surface area contributed by atoms with Crippen LogP contribution in [0.3, 0.4) is 0 Å². The summed E-state index contributed by atoms with van der Waals surface area (Å²) in [5.41, 5.74) is 0. The van der Waals surface area contributed by atoms with E-state index >= 15 is 0 Å². The molecule has 2 N–H and O–H groups in total. The van der Waals surface area contributed by atoms with E-state index < -0.39 is 11.9 Å². The van der Waals surface area contributed by atoms with Crippen LogP contribution in [0.15, 0.2) is 0 Å². The van der Waals surface area contributed by atoms with Crippen LogP contribution in [0.2, 0.25) is 0 Å². The molecule has 96 valence electrons. The van der Waals surface area contributed by atoms with Gasteiger partial charge in [-0.15, -0.1) is 0 Å². The second-order valence-corrected chi connectivity index (χ2v) is 5.47. The predicted molar refractivity (Wildman–Crippen MR) is 63.4 cm³/mol. The van der Waals surface area contributed by atoms with Crippen LogP contribution in [0.1, 0.15) is 45.4 Å². The highest BCUT2D eigenvalue weighted by Gasteiger charge is 2.38. The van der Waals surface area contributed by atoms with Crippen LogP contribution in [-0.4, -0.2) is 23.0 Å². The predicted octanol–water partition coefficient (Wildman–Crippen LogP) is 1.79. The molecule has 0 aromatic heterocycles. The van der Waals surface area contributed by atoms with Gasteiger partial charge in [0.2, 0.25) is 5.91 Å². The van der Waals surface area contributed by atoms with E-state index in [2.05, 4.69) is 5.32 Å². The van der Waals surface area contributed by atoms with Crippen LogP contribution in [0.25, 0.3) is 0 Å². The standard InChI is InChI=1S/C13H21NO3/c1-8(9-4-2-5-9)14-12(15)10-6-3-7-11(10)13(16)17/h8-11H,2-7H2,1H3,(H,14,15)(H,16,17). The molecule has 4 nitrogen and oxygen atoms in total. The van der Waals surface area contributed by atoms with Gasteiger partial charge in [-0.3, -0.25) is 9.59 Å². The molecule has 0 saturated heterocycles. The highest BCUT2D eigenvalue weighted by molar-refractivity contribution is 5.85. The molecule has 2 aliphatic carbocycles. The van der Waals surface area contributed by atoms with Gasteiger partial charge in [-0.25, -0.2) is 0 Å². The van der Waals surface area contributed by atoms with Crippen LogP contribution in [0, 0.1) is 17.8 Å². The Labute approximate surface area is 102 Å².